The Balaban J connectivity index is 2.74. The zero-order valence-corrected chi connectivity index (χ0v) is 11.4. The lowest BCUT2D eigenvalue weighted by Gasteiger charge is -2.13. The highest BCUT2D eigenvalue weighted by atomic mass is 16.6. The number of nitro benzene ring substituents is 1. The van der Waals surface area contributed by atoms with E-state index in [0.717, 1.165) is 6.54 Å². The van der Waals surface area contributed by atoms with Crippen LogP contribution in [0.4, 0.5) is 5.69 Å². The molecule has 0 heterocycles. The Labute approximate surface area is 112 Å². The van der Waals surface area contributed by atoms with Gasteiger partial charge in [-0.25, -0.2) is 0 Å². The van der Waals surface area contributed by atoms with Gasteiger partial charge < -0.3 is 10.6 Å². The molecular formula is C13H19N3O3. The highest BCUT2D eigenvalue weighted by Crippen LogP contribution is 2.16. The minimum Gasteiger partial charge on any atom is -0.350 e. The topological polar surface area (TPSA) is 84.3 Å². The van der Waals surface area contributed by atoms with Gasteiger partial charge in [0.2, 0.25) is 0 Å². The number of nitro groups is 1. The summed E-state index contributed by atoms with van der Waals surface area (Å²) >= 11 is 0. The number of carbonyl (C=O) groups is 1. The van der Waals surface area contributed by atoms with Gasteiger partial charge in [-0.2, -0.15) is 0 Å². The van der Waals surface area contributed by atoms with Gasteiger partial charge in [0.1, 0.15) is 0 Å². The van der Waals surface area contributed by atoms with Crippen LogP contribution in [-0.2, 0) is 0 Å². The van der Waals surface area contributed by atoms with Crippen molar-refractivity contribution < 1.29 is 9.72 Å². The third-order valence-corrected chi connectivity index (χ3v) is 2.66. The summed E-state index contributed by atoms with van der Waals surface area (Å²) in [6.45, 7) is 6.98. The number of benzene rings is 1. The number of aryl methyl sites for hydroxylation is 1. The van der Waals surface area contributed by atoms with Crippen LogP contribution in [0.2, 0.25) is 0 Å². The van der Waals surface area contributed by atoms with E-state index in [2.05, 4.69) is 10.6 Å². The number of likely N-dealkylation sites (N-methyl/N-ethyl adjacent to an activating group) is 1. The summed E-state index contributed by atoms with van der Waals surface area (Å²) in [6.07, 6.45) is 0. The third kappa shape index (κ3) is 4.67. The van der Waals surface area contributed by atoms with Crippen LogP contribution in [-0.4, -0.2) is 30.0 Å². The van der Waals surface area contributed by atoms with Gasteiger partial charge in [0, 0.05) is 30.3 Å². The number of amides is 1. The van der Waals surface area contributed by atoms with E-state index in [4.69, 9.17) is 0 Å². The summed E-state index contributed by atoms with van der Waals surface area (Å²) in [5.41, 5.74) is 0.944. The van der Waals surface area contributed by atoms with Gasteiger partial charge in [0.25, 0.3) is 11.6 Å². The van der Waals surface area contributed by atoms with Gasteiger partial charge in [-0.15, -0.1) is 0 Å². The number of hydrogen-bond acceptors (Lipinski definition) is 4. The maximum atomic E-state index is 11.9. The fourth-order valence-corrected chi connectivity index (χ4v) is 1.77. The Kier molecular flexibility index (Phi) is 5.44. The lowest BCUT2D eigenvalue weighted by Crippen LogP contribution is -2.38. The average molecular weight is 265 g/mol. The number of nitrogens with one attached hydrogen (secondary N) is 2. The molecule has 0 saturated heterocycles. The summed E-state index contributed by atoms with van der Waals surface area (Å²) in [4.78, 5) is 22.2. The van der Waals surface area contributed by atoms with Gasteiger partial charge in [0.05, 0.1) is 4.92 Å². The summed E-state index contributed by atoms with van der Waals surface area (Å²) in [6, 6.07) is 4.53. The lowest BCUT2D eigenvalue weighted by atomic mass is 10.1. The molecule has 6 nitrogen and oxygen atoms in total. The van der Waals surface area contributed by atoms with Crippen molar-refractivity contribution in [2.75, 3.05) is 13.1 Å². The maximum Gasteiger partial charge on any atom is 0.270 e. The number of carbonyl (C=O) groups excluding carboxylic acids is 1. The zero-order valence-electron chi connectivity index (χ0n) is 11.4. The fraction of sp³-hybridized carbons (Fsp3) is 0.462. The van der Waals surface area contributed by atoms with E-state index in [1.807, 2.05) is 13.8 Å². The Morgan fingerprint density at radius 2 is 2.11 bits per heavy atom. The lowest BCUT2D eigenvalue weighted by molar-refractivity contribution is -0.384. The standard InChI is InChI=1S/C13H19N3O3/c1-4-14-10(3)8-15-13(17)11-5-9(2)6-12(7-11)16(18)19/h5-7,10,14H,4,8H2,1-3H3,(H,15,17)/t10-/m1/s1. The molecule has 0 bridgehead atoms. The zero-order chi connectivity index (χ0) is 14.4. The van der Waals surface area contributed by atoms with Crippen LogP contribution in [0.15, 0.2) is 18.2 Å². The Morgan fingerprint density at radius 1 is 1.42 bits per heavy atom. The van der Waals surface area contributed by atoms with Crippen molar-refractivity contribution in [1.29, 1.82) is 0 Å². The Morgan fingerprint density at radius 3 is 2.68 bits per heavy atom. The molecule has 19 heavy (non-hydrogen) atoms. The molecule has 0 radical (unpaired) electrons. The van der Waals surface area contributed by atoms with Crippen LogP contribution in [0, 0.1) is 17.0 Å². The van der Waals surface area contributed by atoms with Crippen molar-refractivity contribution in [3.8, 4) is 0 Å². The number of hydrogen-bond donors (Lipinski definition) is 2. The molecular weight excluding hydrogens is 246 g/mol. The maximum absolute atomic E-state index is 11.9. The van der Waals surface area contributed by atoms with Gasteiger partial charge in [-0.05, 0) is 32.0 Å². The SMILES string of the molecule is CCN[C@H](C)CNC(=O)c1cc(C)cc([N+](=O)[O-])c1. The Bertz CT molecular complexity index is 474. The van der Waals surface area contributed by atoms with Crippen molar-refractivity contribution in [3.63, 3.8) is 0 Å². The van der Waals surface area contributed by atoms with E-state index >= 15 is 0 Å². The largest absolute Gasteiger partial charge is 0.350 e. The predicted octanol–water partition coefficient (Wildman–Crippen LogP) is 1.63. The predicted molar refractivity (Wildman–Crippen MR) is 73.3 cm³/mol. The summed E-state index contributed by atoms with van der Waals surface area (Å²) in [5.74, 6) is -0.295. The first-order chi connectivity index (χ1) is 8.93. The molecule has 1 aromatic rings. The molecule has 0 aliphatic rings. The number of nitrogens with zero attached hydrogens (tertiary/aromatic N) is 1. The Hall–Kier alpha value is -1.95. The first-order valence-electron chi connectivity index (χ1n) is 6.21. The normalized spacial score (nSPS) is 11.9. The minimum absolute atomic E-state index is 0.0649. The smallest absolute Gasteiger partial charge is 0.270 e. The van der Waals surface area contributed by atoms with Gasteiger partial charge in [0.15, 0.2) is 0 Å². The van der Waals surface area contributed by atoms with Gasteiger partial charge >= 0.3 is 0 Å². The number of rotatable bonds is 6. The van der Waals surface area contributed by atoms with Gasteiger partial charge in [-0.1, -0.05) is 6.92 Å². The second-order valence-corrected chi connectivity index (χ2v) is 4.48. The van der Waals surface area contributed by atoms with Crippen molar-refractivity contribution in [1.82, 2.24) is 10.6 Å². The van der Waals surface area contributed by atoms with E-state index in [1.165, 1.54) is 12.1 Å². The molecule has 2 N–H and O–H groups in total. The monoisotopic (exact) mass is 265 g/mol. The average Bonchev–Trinajstić information content (AvgIpc) is 2.35. The highest BCUT2D eigenvalue weighted by molar-refractivity contribution is 5.95. The van der Waals surface area contributed by atoms with Crippen LogP contribution in [0.25, 0.3) is 0 Å². The molecule has 1 aromatic carbocycles. The van der Waals surface area contributed by atoms with Gasteiger partial charge in [-0.3, -0.25) is 14.9 Å². The first-order valence-corrected chi connectivity index (χ1v) is 6.21. The molecule has 0 aromatic heterocycles. The van der Waals surface area contributed by atoms with Crippen LogP contribution in [0.3, 0.4) is 0 Å². The van der Waals surface area contributed by atoms with E-state index in [0.29, 0.717) is 17.7 Å². The molecule has 0 unspecified atom stereocenters. The molecule has 0 aliphatic carbocycles. The molecule has 0 aliphatic heterocycles. The van der Waals surface area contributed by atoms with Crippen LogP contribution in [0.1, 0.15) is 29.8 Å². The van der Waals surface area contributed by atoms with E-state index in [9.17, 15) is 14.9 Å². The molecule has 1 rings (SSSR count). The van der Waals surface area contributed by atoms with Crippen molar-refractivity contribution in [3.05, 3.63) is 39.4 Å². The summed E-state index contributed by atoms with van der Waals surface area (Å²) < 4.78 is 0. The van der Waals surface area contributed by atoms with E-state index in [-0.39, 0.29) is 17.6 Å². The van der Waals surface area contributed by atoms with Crippen LogP contribution >= 0.6 is 0 Å². The quantitative estimate of drug-likeness (QED) is 0.605. The van der Waals surface area contributed by atoms with E-state index in [1.54, 1.807) is 13.0 Å². The number of non-ortho nitro benzene ring substituents is 1. The molecule has 1 atom stereocenters. The third-order valence-electron chi connectivity index (χ3n) is 2.66. The molecule has 0 fully saturated rings. The minimum atomic E-state index is -0.495. The first kappa shape index (κ1) is 15.1. The van der Waals surface area contributed by atoms with E-state index < -0.39 is 4.92 Å². The second kappa shape index (κ2) is 6.84. The molecule has 104 valence electrons. The molecule has 1 amide bonds. The van der Waals surface area contributed by atoms with Crippen LogP contribution in [0.5, 0.6) is 0 Å². The van der Waals surface area contributed by atoms with Crippen LogP contribution < -0.4 is 10.6 Å². The molecule has 0 saturated carbocycles. The van der Waals surface area contributed by atoms with Crippen molar-refractivity contribution >= 4 is 11.6 Å². The molecule has 6 heteroatoms. The summed E-state index contributed by atoms with van der Waals surface area (Å²) in [7, 11) is 0. The fourth-order valence-electron chi connectivity index (χ4n) is 1.77. The highest BCUT2D eigenvalue weighted by Gasteiger charge is 2.13. The second-order valence-electron chi connectivity index (χ2n) is 4.48. The van der Waals surface area contributed by atoms with Crippen molar-refractivity contribution in [2.45, 2.75) is 26.8 Å². The van der Waals surface area contributed by atoms with Crippen molar-refractivity contribution in [2.24, 2.45) is 0 Å². The summed E-state index contributed by atoms with van der Waals surface area (Å²) in [5, 5.41) is 16.7. The molecule has 0 spiro atoms.